The van der Waals surface area contributed by atoms with Crippen LogP contribution in [0.25, 0.3) is 0 Å². The van der Waals surface area contributed by atoms with E-state index in [9.17, 15) is 5.26 Å². The molecule has 1 aromatic rings. The second-order valence-corrected chi connectivity index (χ2v) is 6.15. The molecule has 0 amide bonds. The van der Waals surface area contributed by atoms with Crippen LogP contribution in [0.3, 0.4) is 0 Å². The smallest absolute Gasteiger partial charge is 0.0967 e. The first-order valence-electron chi connectivity index (χ1n) is 5.24. The van der Waals surface area contributed by atoms with E-state index in [1.54, 1.807) is 0 Å². The number of thioether (sulfide) groups is 2. The molecule has 2 rings (SSSR count). The number of nitrogens with zero attached hydrogens (tertiary/aromatic N) is 1. The van der Waals surface area contributed by atoms with Crippen molar-refractivity contribution in [2.45, 2.75) is 13.3 Å². The highest BCUT2D eigenvalue weighted by atomic mass is 32.2. The highest BCUT2D eigenvalue weighted by molar-refractivity contribution is 8.25. The van der Waals surface area contributed by atoms with E-state index in [-0.39, 0.29) is 0 Å². The van der Waals surface area contributed by atoms with Crippen molar-refractivity contribution in [3.63, 3.8) is 0 Å². The van der Waals surface area contributed by atoms with Gasteiger partial charge in [0.25, 0.3) is 0 Å². The number of benzene rings is 1. The summed E-state index contributed by atoms with van der Waals surface area (Å²) in [4.78, 5) is 0. The van der Waals surface area contributed by atoms with E-state index in [4.69, 9.17) is 0 Å². The van der Waals surface area contributed by atoms with E-state index in [0.717, 1.165) is 23.5 Å². The minimum absolute atomic E-state index is 0.776. The lowest BCUT2D eigenvalue weighted by atomic mass is 10.0. The van der Waals surface area contributed by atoms with Crippen molar-refractivity contribution in [2.75, 3.05) is 11.5 Å². The van der Waals surface area contributed by atoms with Crippen LogP contribution in [0.1, 0.15) is 11.1 Å². The first kappa shape index (κ1) is 11.6. The van der Waals surface area contributed by atoms with Crippen molar-refractivity contribution < 1.29 is 0 Å². The molecule has 82 valence electrons. The summed E-state index contributed by atoms with van der Waals surface area (Å²) in [6.07, 6.45) is 0.776. The molecule has 0 spiro atoms. The summed E-state index contributed by atoms with van der Waals surface area (Å²) < 4.78 is 1.23. The van der Waals surface area contributed by atoms with Crippen LogP contribution in [0.5, 0.6) is 0 Å². The average molecular weight is 247 g/mol. The number of nitriles is 1. The van der Waals surface area contributed by atoms with Gasteiger partial charge in [-0.1, -0.05) is 24.3 Å². The standard InChI is InChI=1S/C13H13NS2/c1-10-4-2-3-5-11(10)8-12(9-14)13-15-6-7-16-13/h2-5H,6-8H2,1H3. The van der Waals surface area contributed by atoms with Gasteiger partial charge in [0.05, 0.1) is 15.9 Å². The quantitative estimate of drug-likeness (QED) is 0.744. The summed E-state index contributed by atoms with van der Waals surface area (Å²) >= 11 is 3.64. The molecule has 16 heavy (non-hydrogen) atoms. The zero-order valence-corrected chi connectivity index (χ0v) is 10.8. The van der Waals surface area contributed by atoms with Crippen LogP contribution in [0.4, 0.5) is 0 Å². The van der Waals surface area contributed by atoms with Gasteiger partial charge < -0.3 is 0 Å². The summed E-state index contributed by atoms with van der Waals surface area (Å²) in [5.74, 6) is 2.28. The second-order valence-electron chi connectivity index (χ2n) is 3.68. The zero-order chi connectivity index (χ0) is 11.4. The molecule has 0 unspecified atom stereocenters. The third-order valence-corrected chi connectivity index (χ3v) is 5.36. The largest absolute Gasteiger partial charge is 0.193 e. The number of hydrogen-bond donors (Lipinski definition) is 0. The predicted molar refractivity (Wildman–Crippen MR) is 72.4 cm³/mol. The molecule has 0 radical (unpaired) electrons. The van der Waals surface area contributed by atoms with Crippen molar-refractivity contribution in [3.05, 3.63) is 45.2 Å². The third-order valence-electron chi connectivity index (χ3n) is 2.56. The minimum atomic E-state index is 0.776. The maximum atomic E-state index is 9.20. The first-order chi connectivity index (χ1) is 7.81. The van der Waals surface area contributed by atoms with Crippen molar-refractivity contribution in [1.82, 2.24) is 0 Å². The molecule has 0 saturated carbocycles. The summed E-state index contributed by atoms with van der Waals surface area (Å²) in [5.41, 5.74) is 3.46. The van der Waals surface area contributed by atoms with E-state index >= 15 is 0 Å². The van der Waals surface area contributed by atoms with Crippen LogP contribution in [0.15, 0.2) is 34.1 Å². The van der Waals surface area contributed by atoms with E-state index in [0.29, 0.717) is 0 Å². The Morgan fingerprint density at radius 2 is 2.00 bits per heavy atom. The lowest BCUT2D eigenvalue weighted by Crippen LogP contribution is -1.92. The Balaban J connectivity index is 2.23. The van der Waals surface area contributed by atoms with Gasteiger partial charge in [0.2, 0.25) is 0 Å². The fourth-order valence-corrected chi connectivity index (χ4v) is 4.10. The Hall–Kier alpha value is -0.850. The highest BCUT2D eigenvalue weighted by Gasteiger charge is 2.14. The van der Waals surface area contributed by atoms with Crippen molar-refractivity contribution in [3.8, 4) is 6.07 Å². The second kappa shape index (κ2) is 5.47. The SMILES string of the molecule is Cc1ccccc1CC(C#N)=C1SCCS1. The van der Waals surface area contributed by atoms with Gasteiger partial charge in [0.15, 0.2) is 0 Å². The van der Waals surface area contributed by atoms with Crippen LogP contribution >= 0.6 is 23.5 Å². The maximum absolute atomic E-state index is 9.20. The molecule has 0 bridgehead atoms. The Kier molecular flexibility index (Phi) is 3.98. The Labute approximate surface area is 105 Å². The van der Waals surface area contributed by atoms with Crippen LogP contribution in [-0.4, -0.2) is 11.5 Å². The minimum Gasteiger partial charge on any atom is -0.193 e. The molecule has 1 aromatic carbocycles. The van der Waals surface area contributed by atoms with Gasteiger partial charge in [-0.3, -0.25) is 0 Å². The van der Waals surface area contributed by atoms with Gasteiger partial charge in [-0.05, 0) is 18.1 Å². The molecule has 1 nitrogen and oxygen atoms in total. The van der Waals surface area contributed by atoms with Gasteiger partial charge in [-0.15, -0.1) is 23.5 Å². The molecule has 0 atom stereocenters. The molecule has 1 fully saturated rings. The topological polar surface area (TPSA) is 23.8 Å². The van der Waals surface area contributed by atoms with E-state index in [1.807, 2.05) is 35.7 Å². The number of aryl methyl sites for hydroxylation is 1. The first-order valence-corrected chi connectivity index (χ1v) is 7.21. The van der Waals surface area contributed by atoms with Crippen LogP contribution in [0, 0.1) is 18.3 Å². The molecule has 0 aromatic heterocycles. The summed E-state index contributed by atoms with van der Waals surface area (Å²) in [7, 11) is 0. The summed E-state index contributed by atoms with van der Waals surface area (Å²) in [6, 6.07) is 10.6. The predicted octanol–water partition coefficient (Wildman–Crippen LogP) is 3.75. The molecular formula is C13H13NS2. The fourth-order valence-electron chi connectivity index (χ4n) is 1.64. The number of allylic oxidation sites excluding steroid dienone is 1. The Bertz CT molecular complexity index is 449. The van der Waals surface area contributed by atoms with E-state index in [2.05, 4.69) is 25.1 Å². The fraction of sp³-hybridized carbons (Fsp3) is 0.308. The van der Waals surface area contributed by atoms with E-state index in [1.165, 1.54) is 15.4 Å². The van der Waals surface area contributed by atoms with Gasteiger partial charge in [-0.2, -0.15) is 5.26 Å². The molecule has 1 saturated heterocycles. The molecule has 0 N–H and O–H groups in total. The van der Waals surface area contributed by atoms with Crippen LogP contribution in [-0.2, 0) is 6.42 Å². The molecule has 1 aliphatic rings. The van der Waals surface area contributed by atoms with Crippen LogP contribution in [0.2, 0.25) is 0 Å². The monoisotopic (exact) mass is 247 g/mol. The van der Waals surface area contributed by atoms with Gasteiger partial charge in [0, 0.05) is 17.9 Å². The van der Waals surface area contributed by atoms with Gasteiger partial charge >= 0.3 is 0 Å². The zero-order valence-electron chi connectivity index (χ0n) is 9.19. The molecule has 1 aliphatic heterocycles. The molecule has 1 heterocycles. The average Bonchev–Trinajstić information content (AvgIpc) is 2.81. The van der Waals surface area contributed by atoms with Crippen molar-refractivity contribution in [1.29, 1.82) is 5.26 Å². The molecule has 3 heteroatoms. The molecule has 0 aliphatic carbocycles. The van der Waals surface area contributed by atoms with Gasteiger partial charge in [-0.25, -0.2) is 0 Å². The highest BCUT2D eigenvalue weighted by Crippen LogP contribution is 2.39. The van der Waals surface area contributed by atoms with Crippen LogP contribution < -0.4 is 0 Å². The third kappa shape index (κ3) is 2.63. The lowest BCUT2D eigenvalue weighted by Gasteiger charge is -2.05. The van der Waals surface area contributed by atoms with Crippen molar-refractivity contribution in [2.24, 2.45) is 0 Å². The summed E-state index contributed by atoms with van der Waals surface area (Å²) in [5, 5.41) is 9.20. The molecular weight excluding hydrogens is 234 g/mol. The summed E-state index contributed by atoms with van der Waals surface area (Å²) in [6.45, 7) is 2.10. The normalized spacial score (nSPS) is 14.9. The number of rotatable bonds is 2. The van der Waals surface area contributed by atoms with Gasteiger partial charge in [0.1, 0.15) is 0 Å². The maximum Gasteiger partial charge on any atom is 0.0967 e. The Morgan fingerprint density at radius 3 is 2.62 bits per heavy atom. The lowest BCUT2D eigenvalue weighted by molar-refractivity contribution is 1.16. The van der Waals surface area contributed by atoms with E-state index < -0.39 is 0 Å². The number of hydrogen-bond acceptors (Lipinski definition) is 3. The Morgan fingerprint density at radius 1 is 1.31 bits per heavy atom. The van der Waals surface area contributed by atoms with Crippen molar-refractivity contribution >= 4 is 23.5 Å².